The van der Waals surface area contributed by atoms with Gasteiger partial charge in [-0.1, -0.05) is 30.3 Å². The summed E-state index contributed by atoms with van der Waals surface area (Å²) in [5, 5.41) is 15.1. The number of ether oxygens (including phenoxy) is 1. The van der Waals surface area contributed by atoms with Crippen molar-refractivity contribution < 1.29 is 4.74 Å². The number of fused-ring (bicyclic) bond motifs is 1. The van der Waals surface area contributed by atoms with E-state index in [2.05, 4.69) is 31.8 Å². The average Bonchev–Trinajstić information content (AvgIpc) is 3.24. The number of hydrogen-bond acceptors (Lipinski definition) is 7. The summed E-state index contributed by atoms with van der Waals surface area (Å²) in [4.78, 5) is 11.8. The van der Waals surface area contributed by atoms with Crippen molar-refractivity contribution in [1.29, 1.82) is 0 Å². The highest BCUT2D eigenvalue weighted by atomic mass is 16.5. The van der Waals surface area contributed by atoms with Crippen LogP contribution in [-0.2, 0) is 4.74 Å². The predicted octanol–water partition coefficient (Wildman–Crippen LogP) is 2.32. The van der Waals surface area contributed by atoms with Gasteiger partial charge in [-0.25, -0.2) is 4.99 Å². The molecule has 2 aromatic carbocycles. The molecule has 1 saturated heterocycles. The second-order valence-corrected chi connectivity index (χ2v) is 6.70. The molecule has 0 saturated carbocycles. The predicted molar refractivity (Wildman–Crippen MR) is 109 cm³/mol. The van der Waals surface area contributed by atoms with Gasteiger partial charge in [0.25, 0.3) is 0 Å². The van der Waals surface area contributed by atoms with E-state index in [0.29, 0.717) is 19.2 Å². The maximum atomic E-state index is 5.49. The van der Waals surface area contributed by atoms with E-state index >= 15 is 0 Å². The molecule has 2 aliphatic rings. The second-order valence-electron chi connectivity index (χ2n) is 6.70. The Hall–Kier alpha value is -3.39. The van der Waals surface area contributed by atoms with Crippen LogP contribution in [-0.4, -0.2) is 53.3 Å². The van der Waals surface area contributed by atoms with Crippen LogP contribution in [0.4, 0.5) is 5.69 Å². The Kier molecular flexibility index (Phi) is 4.38. The largest absolute Gasteiger partial charge is 0.378 e. The standard InChI is InChI=1S/C20H21N7O/c1-2-5-14(6-3-1)22-19-23-18(15-7-4-8-17-16(15)13-21-26-17)24-20(25-19)27-9-11-28-12-10-27/h1-8,13,18H,9-12H2,(H,21,26)(H2,22,23,24,25). The van der Waals surface area contributed by atoms with Gasteiger partial charge in [0.2, 0.25) is 11.9 Å². The molecule has 0 amide bonds. The van der Waals surface area contributed by atoms with Crippen molar-refractivity contribution in [2.24, 2.45) is 9.98 Å². The molecule has 1 unspecified atom stereocenters. The monoisotopic (exact) mass is 375 g/mol. The van der Waals surface area contributed by atoms with E-state index in [1.165, 1.54) is 0 Å². The highest BCUT2D eigenvalue weighted by molar-refractivity contribution is 6.04. The van der Waals surface area contributed by atoms with Gasteiger partial charge in [-0.05, 0) is 18.2 Å². The lowest BCUT2D eigenvalue weighted by Crippen LogP contribution is -2.50. The van der Waals surface area contributed by atoms with Crippen LogP contribution in [0.1, 0.15) is 11.7 Å². The molecule has 1 aromatic heterocycles. The van der Waals surface area contributed by atoms with Gasteiger partial charge in [0.15, 0.2) is 6.17 Å². The molecule has 1 fully saturated rings. The van der Waals surface area contributed by atoms with Gasteiger partial charge in [0.1, 0.15) is 0 Å². The molecular weight excluding hydrogens is 354 g/mol. The first kappa shape index (κ1) is 16.8. The number of aromatic amines is 1. The molecule has 2 aliphatic heterocycles. The second kappa shape index (κ2) is 7.32. The van der Waals surface area contributed by atoms with Gasteiger partial charge in [-0.3, -0.25) is 5.10 Å². The number of nitrogens with zero attached hydrogens (tertiary/aromatic N) is 4. The van der Waals surface area contributed by atoms with Crippen molar-refractivity contribution in [3.63, 3.8) is 0 Å². The lowest BCUT2D eigenvalue weighted by molar-refractivity contribution is 0.0662. The maximum Gasteiger partial charge on any atom is 0.228 e. The Labute approximate surface area is 162 Å². The van der Waals surface area contributed by atoms with Crippen LogP contribution >= 0.6 is 0 Å². The fourth-order valence-electron chi connectivity index (χ4n) is 3.46. The molecule has 0 aliphatic carbocycles. The lowest BCUT2D eigenvalue weighted by Gasteiger charge is -2.33. The number of morpholine rings is 1. The Bertz CT molecular complexity index is 1020. The van der Waals surface area contributed by atoms with Crippen molar-refractivity contribution in [2.45, 2.75) is 6.17 Å². The zero-order valence-corrected chi connectivity index (χ0v) is 15.3. The van der Waals surface area contributed by atoms with Crippen LogP contribution in [0, 0.1) is 0 Å². The Morgan fingerprint density at radius 1 is 1.04 bits per heavy atom. The molecule has 142 valence electrons. The van der Waals surface area contributed by atoms with Crippen molar-refractivity contribution >= 4 is 28.5 Å². The number of aliphatic imine (C=N–C) groups is 2. The Morgan fingerprint density at radius 2 is 1.89 bits per heavy atom. The number of guanidine groups is 2. The van der Waals surface area contributed by atoms with E-state index in [9.17, 15) is 0 Å². The number of rotatable bonds is 2. The number of anilines is 1. The number of para-hydroxylation sites is 1. The van der Waals surface area contributed by atoms with E-state index in [1.54, 1.807) is 0 Å². The first-order valence-corrected chi connectivity index (χ1v) is 9.36. The first-order valence-electron chi connectivity index (χ1n) is 9.36. The van der Waals surface area contributed by atoms with Gasteiger partial charge < -0.3 is 20.3 Å². The molecule has 3 N–H and O–H groups in total. The van der Waals surface area contributed by atoms with Crippen molar-refractivity contribution in [3.05, 3.63) is 60.3 Å². The number of H-pyrrole nitrogens is 1. The summed E-state index contributed by atoms with van der Waals surface area (Å²) in [6.07, 6.45) is 1.58. The molecular formula is C20H21N7O. The molecule has 0 radical (unpaired) electrons. The topological polar surface area (TPSA) is 89.9 Å². The number of benzene rings is 2. The van der Waals surface area contributed by atoms with E-state index in [-0.39, 0.29) is 6.17 Å². The summed E-state index contributed by atoms with van der Waals surface area (Å²) in [6, 6.07) is 16.1. The molecule has 3 heterocycles. The quantitative estimate of drug-likeness (QED) is 0.640. The minimum Gasteiger partial charge on any atom is -0.378 e. The average molecular weight is 375 g/mol. The minimum absolute atomic E-state index is 0.261. The van der Waals surface area contributed by atoms with Crippen LogP contribution in [0.15, 0.2) is 64.7 Å². The van der Waals surface area contributed by atoms with Crippen LogP contribution in [0.3, 0.4) is 0 Å². The maximum absolute atomic E-state index is 5.49. The van der Waals surface area contributed by atoms with E-state index in [1.807, 2.05) is 48.7 Å². The molecule has 0 bridgehead atoms. The summed E-state index contributed by atoms with van der Waals surface area (Å²) in [5.74, 6) is 1.39. The third-order valence-corrected chi connectivity index (χ3v) is 4.88. The zero-order chi connectivity index (χ0) is 18.8. The smallest absolute Gasteiger partial charge is 0.228 e. The normalized spacial score (nSPS) is 19.7. The van der Waals surface area contributed by atoms with Gasteiger partial charge in [0.05, 0.1) is 24.9 Å². The summed E-state index contributed by atoms with van der Waals surface area (Å²) >= 11 is 0. The van der Waals surface area contributed by atoms with Crippen LogP contribution in [0.25, 0.3) is 10.9 Å². The fraction of sp³-hybridized carbons (Fsp3) is 0.250. The third-order valence-electron chi connectivity index (χ3n) is 4.88. The van der Waals surface area contributed by atoms with E-state index in [0.717, 1.165) is 41.2 Å². The van der Waals surface area contributed by atoms with Gasteiger partial charge in [-0.15, -0.1) is 0 Å². The summed E-state index contributed by atoms with van der Waals surface area (Å²) in [7, 11) is 0. The van der Waals surface area contributed by atoms with Gasteiger partial charge in [0, 0.05) is 29.7 Å². The number of nitrogens with one attached hydrogen (secondary N) is 3. The van der Waals surface area contributed by atoms with E-state index in [4.69, 9.17) is 14.7 Å². The summed E-state index contributed by atoms with van der Waals surface area (Å²) < 4.78 is 5.49. The summed E-state index contributed by atoms with van der Waals surface area (Å²) in [6.45, 7) is 2.99. The highest BCUT2D eigenvalue weighted by Gasteiger charge is 2.25. The highest BCUT2D eigenvalue weighted by Crippen LogP contribution is 2.26. The van der Waals surface area contributed by atoms with E-state index < -0.39 is 0 Å². The molecule has 5 rings (SSSR count). The van der Waals surface area contributed by atoms with Crippen molar-refractivity contribution in [2.75, 3.05) is 31.6 Å². The Morgan fingerprint density at radius 3 is 2.75 bits per heavy atom. The molecule has 8 heteroatoms. The van der Waals surface area contributed by atoms with Crippen molar-refractivity contribution in [3.8, 4) is 0 Å². The molecule has 1 atom stereocenters. The number of hydrogen-bond donors (Lipinski definition) is 3. The molecule has 28 heavy (non-hydrogen) atoms. The first-order chi connectivity index (χ1) is 13.9. The minimum atomic E-state index is -0.261. The van der Waals surface area contributed by atoms with Crippen LogP contribution in [0.5, 0.6) is 0 Å². The van der Waals surface area contributed by atoms with Crippen LogP contribution < -0.4 is 10.6 Å². The molecule has 0 spiro atoms. The van der Waals surface area contributed by atoms with Crippen LogP contribution in [0.2, 0.25) is 0 Å². The van der Waals surface area contributed by atoms with Gasteiger partial charge >= 0.3 is 0 Å². The van der Waals surface area contributed by atoms with Crippen molar-refractivity contribution in [1.82, 2.24) is 20.4 Å². The SMILES string of the molecule is c1ccc(NC2=NC(c3cccc4[nH]ncc34)NC(N3CCOCC3)=N2)cc1. The third kappa shape index (κ3) is 3.29. The molecule has 8 nitrogen and oxygen atoms in total. The zero-order valence-electron chi connectivity index (χ0n) is 15.3. The van der Waals surface area contributed by atoms with Gasteiger partial charge in [-0.2, -0.15) is 10.1 Å². The number of aromatic nitrogens is 2. The molecule has 3 aromatic rings. The summed E-state index contributed by atoms with van der Waals surface area (Å²) in [5.41, 5.74) is 3.00. The Balaban J connectivity index is 1.51. The lowest BCUT2D eigenvalue weighted by atomic mass is 10.1. The fourth-order valence-corrected chi connectivity index (χ4v) is 3.46.